The number of hydrogen-bond acceptors (Lipinski definition) is 2. The lowest BCUT2D eigenvalue weighted by molar-refractivity contribution is -0.132. The van der Waals surface area contributed by atoms with Crippen LogP contribution in [0.4, 0.5) is 0 Å². The largest absolute Gasteiger partial charge is 0.338 e. The first-order valence-corrected chi connectivity index (χ1v) is 5.59. The Hall–Kier alpha value is -0.770. The molecule has 17 heavy (non-hydrogen) atoms. The maximum atomic E-state index is 11.7. The second-order valence-corrected chi connectivity index (χ2v) is 4.41. The Kier molecular flexibility index (Phi) is 6.53. The van der Waals surface area contributed by atoms with Crippen molar-refractivity contribution in [2.45, 2.75) is 25.9 Å². The Morgan fingerprint density at radius 3 is 2.47 bits per heavy atom. The van der Waals surface area contributed by atoms with Gasteiger partial charge in [0.15, 0.2) is 0 Å². The third-order valence-corrected chi connectivity index (χ3v) is 2.88. The van der Waals surface area contributed by atoms with Gasteiger partial charge in [-0.15, -0.1) is 12.4 Å². The SMILES string of the molecule is CC(c1cccc(Cl)c1)N(C)C(=O)[C@H](C)N.Cl. The molecule has 1 rings (SSSR count). The van der Waals surface area contributed by atoms with Crippen molar-refractivity contribution in [1.82, 2.24) is 4.90 Å². The van der Waals surface area contributed by atoms with Crippen molar-refractivity contribution in [3.05, 3.63) is 34.9 Å². The van der Waals surface area contributed by atoms with Crippen molar-refractivity contribution in [1.29, 1.82) is 0 Å². The number of carbonyl (C=O) groups is 1. The number of nitrogens with two attached hydrogens (primary N) is 1. The maximum absolute atomic E-state index is 11.7. The smallest absolute Gasteiger partial charge is 0.239 e. The van der Waals surface area contributed by atoms with E-state index in [0.717, 1.165) is 5.56 Å². The van der Waals surface area contributed by atoms with Crippen molar-refractivity contribution in [2.24, 2.45) is 5.73 Å². The van der Waals surface area contributed by atoms with Gasteiger partial charge in [-0.2, -0.15) is 0 Å². The van der Waals surface area contributed by atoms with Crippen LogP contribution < -0.4 is 5.73 Å². The summed E-state index contributed by atoms with van der Waals surface area (Å²) in [7, 11) is 1.75. The molecule has 0 aliphatic rings. The topological polar surface area (TPSA) is 46.3 Å². The highest BCUT2D eigenvalue weighted by Crippen LogP contribution is 2.22. The number of nitrogens with zero attached hydrogens (tertiary/aromatic N) is 1. The number of likely N-dealkylation sites (N-methyl/N-ethyl adjacent to an activating group) is 1. The summed E-state index contributed by atoms with van der Waals surface area (Å²) in [4.78, 5) is 13.3. The fraction of sp³-hybridized carbons (Fsp3) is 0.417. The van der Waals surface area contributed by atoms with Gasteiger partial charge in [-0.25, -0.2) is 0 Å². The minimum Gasteiger partial charge on any atom is -0.338 e. The van der Waals surface area contributed by atoms with Gasteiger partial charge in [0.1, 0.15) is 0 Å². The Balaban J connectivity index is 0.00000256. The zero-order valence-corrected chi connectivity index (χ0v) is 11.8. The third kappa shape index (κ3) is 4.19. The number of benzene rings is 1. The molecule has 0 spiro atoms. The Morgan fingerprint density at radius 2 is 2.00 bits per heavy atom. The van der Waals surface area contributed by atoms with Crippen LogP contribution in [0.3, 0.4) is 0 Å². The fourth-order valence-corrected chi connectivity index (χ4v) is 1.70. The van der Waals surface area contributed by atoms with Gasteiger partial charge < -0.3 is 10.6 Å². The first-order valence-electron chi connectivity index (χ1n) is 5.21. The van der Waals surface area contributed by atoms with Gasteiger partial charge >= 0.3 is 0 Å². The minimum atomic E-state index is -0.480. The quantitative estimate of drug-likeness (QED) is 0.923. The normalized spacial score (nSPS) is 13.5. The van der Waals surface area contributed by atoms with E-state index in [9.17, 15) is 4.79 Å². The van der Waals surface area contributed by atoms with Crippen molar-refractivity contribution in [2.75, 3.05) is 7.05 Å². The average Bonchev–Trinajstić information content (AvgIpc) is 2.26. The maximum Gasteiger partial charge on any atom is 0.239 e. The summed E-state index contributed by atoms with van der Waals surface area (Å²) in [6, 6.07) is 6.98. The Bertz CT molecular complexity index is 383. The van der Waals surface area contributed by atoms with Crippen molar-refractivity contribution >= 4 is 29.9 Å². The van der Waals surface area contributed by atoms with Gasteiger partial charge in [-0.1, -0.05) is 23.7 Å². The Labute approximate surface area is 113 Å². The molecule has 3 nitrogen and oxygen atoms in total. The molecule has 1 aromatic rings. The molecule has 1 aromatic carbocycles. The predicted octanol–water partition coefficient (Wildman–Crippen LogP) is 2.63. The second kappa shape index (κ2) is 6.84. The van der Waals surface area contributed by atoms with Crippen LogP contribution in [0.25, 0.3) is 0 Å². The average molecular weight is 277 g/mol. The molecular weight excluding hydrogens is 259 g/mol. The van der Waals surface area contributed by atoms with Gasteiger partial charge in [0, 0.05) is 12.1 Å². The van der Waals surface area contributed by atoms with Crippen LogP contribution in [0.15, 0.2) is 24.3 Å². The van der Waals surface area contributed by atoms with Crippen LogP contribution in [0.1, 0.15) is 25.5 Å². The number of carbonyl (C=O) groups excluding carboxylic acids is 1. The Morgan fingerprint density at radius 1 is 1.41 bits per heavy atom. The van der Waals surface area contributed by atoms with Crippen LogP contribution in [0, 0.1) is 0 Å². The molecule has 1 amide bonds. The van der Waals surface area contributed by atoms with Gasteiger partial charge in [-0.05, 0) is 31.5 Å². The molecule has 0 bridgehead atoms. The molecule has 0 aliphatic carbocycles. The van der Waals surface area contributed by atoms with Crippen LogP contribution in [-0.2, 0) is 4.79 Å². The highest BCUT2D eigenvalue weighted by Gasteiger charge is 2.19. The molecule has 0 radical (unpaired) electrons. The van der Waals surface area contributed by atoms with Crippen molar-refractivity contribution in [3.8, 4) is 0 Å². The van der Waals surface area contributed by atoms with E-state index < -0.39 is 6.04 Å². The predicted molar refractivity (Wildman–Crippen MR) is 73.5 cm³/mol. The van der Waals surface area contributed by atoms with E-state index in [2.05, 4.69) is 0 Å². The third-order valence-electron chi connectivity index (χ3n) is 2.65. The zero-order valence-electron chi connectivity index (χ0n) is 10.2. The molecule has 0 saturated carbocycles. The summed E-state index contributed by atoms with van der Waals surface area (Å²) in [5.41, 5.74) is 6.57. The highest BCUT2D eigenvalue weighted by molar-refractivity contribution is 6.30. The van der Waals surface area contributed by atoms with Crippen LogP contribution >= 0.6 is 24.0 Å². The van der Waals surface area contributed by atoms with E-state index in [0.29, 0.717) is 5.02 Å². The number of amides is 1. The van der Waals surface area contributed by atoms with Crippen LogP contribution in [-0.4, -0.2) is 23.9 Å². The van der Waals surface area contributed by atoms with Crippen LogP contribution in [0.2, 0.25) is 5.02 Å². The van der Waals surface area contributed by atoms with E-state index >= 15 is 0 Å². The summed E-state index contributed by atoms with van der Waals surface area (Å²) in [6.45, 7) is 3.63. The van der Waals surface area contributed by atoms with Crippen molar-refractivity contribution in [3.63, 3.8) is 0 Å². The fourth-order valence-electron chi connectivity index (χ4n) is 1.50. The first kappa shape index (κ1) is 16.2. The van der Waals surface area contributed by atoms with Gasteiger partial charge in [0.05, 0.1) is 12.1 Å². The summed E-state index contributed by atoms with van der Waals surface area (Å²) in [5.74, 6) is -0.0764. The summed E-state index contributed by atoms with van der Waals surface area (Å²) >= 11 is 5.91. The van der Waals surface area contributed by atoms with Gasteiger partial charge in [0.25, 0.3) is 0 Å². The molecule has 0 heterocycles. The second-order valence-electron chi connectivity index (χ2n) is 3.97. The lowest BCUT2D eigenvalue weighted by atomic mass is 10.1. The van der Waals surface area contributed by atoms with Crippen molar-refractivity contribution < 1.29 is 4.79 Å². The van der Waals surface area contributed by atoms with Crippen LogP contribution in [0.5, 0.6) is 0 Å². The highest BCUT2D eigenvalue weighted by atomic mass is 35.5. The zero-order chi connectivity index (χ0) is 12.3. The first-order chi connectivity index (χ1) is 7.43. The summed E-state index contributed by atoms with van der Waals surface area (Å²) < 4.78 is 0. The molecule has 0 aliphatic heterocycles. The number of rotatable bonds is 3. The monoisotopic (exact) mass is 276 g/mol. The number of hydrogen-bond donors (Lipinski definition) is 1. The molecule has 96 valence electrons. The summed E-state index contributed by atoms with van der Waals surface area (Å²) in [6.07, 6.45) is 0. The van der Waals surface area contributed by atoms with E-state index in [1.54, 1.807) is 18.9 Å². The molecule has 0 fully saturated rings. The van der Waals surface area contributed by atoms with E-state index in [1.165, 1.54) is 0 Å². The molecule has 2 N–H and O–H groups in total. The molecule has 1 unspecified atom stereocenters. The molecular formula is C12H18Cl2N2O. The van der Waals surface area contributed by atoms with E-state index in [4.69, 9.17) is 17.3 Å². The lowest BCUT2D eigenvalue weighted by Crippen LogP contribution is -2.40. The molecule has 2 atom stereocenters. The summed E-state index contributed by atoms with van der Waals surface area (Å²) in [5, 5.41) is 0.672. The number of halogens is 2. The molecule has 5 heteroatoms. The van der Waals surface area contributed by atoms with Gasteiger partial charge in [0.2, 0.25) is 5.91 Å². The van der Waals surface area contributed by atoms with Gasteiger partial charge in [-0.3, -0.25) is 4.79 Å². The molecule has 0 aromatic heterocycles. The van der Waals surface area contributed by atoms with E-state index in [1.807, 2.05) is 31.2 Å². The standard InChI is InChI=1S/C12H17ClN2O.ClH/c1-8(14)12(16)15(3)9(2)10-5-4-6-11(13)7-10;/h4-9H,14H2,1-3H3;1H/t8-,9?;/m0./s1. The molecule has 0 saturated heterocycles. The van der Waals surface area contributed by atoms with E-state index in [-0.39, 0.29) is 24.4 Å². The lowest BCUT2D eigenvalue weighted by Gasteiger charge is -2.27. The minimum absolute atomic E-state index is 0.